The van der Waals surface area contributed by atoms with Crippen molar-refractivity contribution < 1.29 is 9.53 Å². The molecule has 0 unspecified atom stereocenters. The number of nitrogen functional groups attached to an aromatic ring is 1. The minimum absolute atomic E-state index is 0.116. The highest BCUT2D eigenvalue weighted by molar-refractivity contribution is 9.10. The zero-order chi connectivity index (χ0) is 15.4. The van der Waals surface area contributed by atoms with E-state index >= 15 is 0 Å². The zero-order valence-corrected chi connectivity index (χ0v) is 13.6. The third kappa shape index (κ3) is 3.55. The number of hydrogen-bond acceptors (Lipinski definition) is 3. The first-order chi connectivity index (χ1) is 10.0. The number of hydrogen-bond donors (Lipinski definition) is 1. The molecule has 0 saturated carbocycles. The molecule has 2 N–H and O–H groups in total. The number of para-hydroxylation sites is 1. The summed E-state index contributed by atoms with van der Waals surface area (Å²) < 4.78 is 6.27. The molecule has 1 amide bonds. The van der Waals surface area contributed by atoms with Crippen molar-refractivity contribution in [2.75, 3.05) is 19.9 Å². The van der Waals surface area contributed by atoms with E-state index in [2.05, 4.69) is 15.9 Å². The number of methoxy groups -OCH3 is 1. The van der Waals surface area contributed by atoms with Gasteiger partial charge in [0.2, 0.25) is 0 Å². The molecule has 0 radical (unpaired) electrons. The lowest BCUT2D eigenvalue weighted by atomic mass is 10.1. The first kappa shape index (κ1) is 15.4. The Morgan fingerprint density at radius 1 is 1.29 bits per heavy atom. The van der Waals surface area contributed by atoms with E-state index in [1.165, 1.54) is 0 Å². The molecule has 2 rings (SSSR count). The zero-order valence-electron chi connectivity index (χ0n) is 12.0. The van der Waals surface area contributed by atoms with Gasteiger partial charge in [-0.05, 0) is 30.3 Å². The molecule has 110 valence electrons. The van der Waals surface area contributed by atoms with Crippen LogP contribution < -0.4 is 10.5 Å². The van der Waals surface area contributed by atoms with Crippen molar-refractivity contribution in [1.29, 1.82) is 0 Å². The van der Waals surface area contributed by atoms with Crippen LogP contribution in [0.25, 0.3) is 0 Å². The van der Waals surface area contributed by atoms with Crippen molar-refractivity contribution in [2.24, 2.45) is 0 Å². The van der Waals surface area contributed by atoms with Gasteiger partial charge in [0.1, 0.15) is 5.75 Å². The highest BCUT2D eigenvalue weighted by atomic mass is 79.9. The van der Waals surface area contributed by atoms with Gasteiger partial charge in [0, 0.05) is 29.3 Å². The molecule has 0 aliphatic heterocycles. The number of benzene rings is 2. The van der Waals surface area contributed by atoms with Gasteiger partial charge in [-0.3, -0.25) is 4.79 Å². The van der Waals surface area contributed by atoms with Crippen molar-refractivity contribution in [3.8, 4) is 5.75 Å². The second-order valence-electron chi connectivity index (χ2n) is 4.70. The number of anilines is 1. The van der Waals surface area contributed by atoms with Crippen molar-refractivity contribution in [1.82, 2.24) is 4.90 Å². The lowest BCUT2D eigenvalue weighted by Gasteiger charge is -2.20. The van der Waals surface area contributed by atoms with Gasteiger partial charge >= 0.3 is 0 Å². The Labute approximate surface area is 132 Å². The molecule has 0 fully saturated rings. The van der Waals surface area contributed by atoms with Crippen LogP contribution in [0.15, 0.2) is 46.9 Å². The number of nitrogens with zero attached hydrogens (tertiary/aromatic N) is 1. The summed E-state index contributed by atoms with van der Waals surface area (Å²) in [4.78, 5) is 14.1. The second-order valence-corrected chi connectivity index (χ2v) is 5.62. The van der Waals surface area contributed by atoms with Gasteiger partial charge in [-0.1, -0.05) is 28.1 Å². The average Bonchev–Trinajstić information content (AvgIpc) is 2.47. The SMILES string of the molecule is COc1ccc(Br)cc1CN(C)C(=O)c1ccccc1N. The highest BCUT2D eigenvalue weighted by Gasteiger charge is 2.16. The third-order valence-electron chi connectivity index (χ3n) is 3.19. The van der Waals surface area contributed by atoms with E-state index in [0.717, 1.165) is 15.8 Å². The van der Waals surface area contributed by atoms with Crippen LogP contribution in [-0.4, -0.2) is 25.0 Å². The Hall–Kier alpha value is -2.01. The van der Waals surface area contributed by atoms with Crippen LogP contribution in [0, 0.1) is 0 Å². The molecule has 4 nitrogen and oxygen atoms in total. The van der Waals surface area contributed by atoms with Crippen molar-refractivity contribution >= 4 is 27.5 Å². The monoisotopic (exact) mass is 348 g/mol. The van der Waals surface area contributed by atoms with Crippen LogP contribution in [0.2, 0.25) is 0 Å². The summed E-state index contributed by atoms with van der Waals surface area (Å²) in [5.41, 5.74) is 7.77. The van der Waals surface area contributed by atoms with Crippen molar-refractivity contribution in [3.63, 3.8) is 0 Å². The van der Waals surface area contributed by atoms with E-state index in [4.69, 9.17) is 10.5 Å². The summed E-state index contributed by atoms with van der Waals surface area (Å²) in [5.74, 6) is 0.633. The Morgan fingerprint density at radius 3 is 2.67 bits per heavy atom. The number of carbonyl (C=O) groups is 1. The Bertz CT molecular complexity index is 658. The molecule has 0 saturated heterocycles. The van der Waals surface area contributed by atoms with Gasteiger partial charge in [-0.25, -0.2) is 0 Å². The fourth-order valence-electron chi connectivity index (χ4n) is 2.10. The van der Waals surface area contributed by atoms with Gasteiger partial charge in [0.05, 0.1) is 12.7 Å². The molecule has 0 aromatic heterocycles. The fraction of sp³-hybridized carbons (Fsp3) is 0.188. The number of carbonyl (C=O) groups excluding carboxylic acids is 1. The van der Waals surface area contributed by atoms with E-state index in [0.29, 0.717) is 17.8 Å². The molecule has 0 heterocycles. The van der Waals surface area contributed by atoms with Gasteiger partial charge < -0.3 is 15.4 Å². The molecule has 2 aromatic rings. The van der Waals surface area contributed by atoms with E-state index in [1.807, 2.05) is 24.3 Å². The van der Waals surface area contributed by atoms with Crippen LogP contribution in [0.1, 0.15) is 15.9 Å². The molecule has 21 heavy (non-hydrogen) atoms. The quantitative estimate of drug-likeness (QED) is 0.862. The van der Waals surface area contributed by atoms with Crippen LogP contribution in [0.3, 0.4) is 0 Å². The van der Waals surface area contributed by atoms with Crippen molar-refractivity contribution in [2.45, 2.75) is 6.54 Å². The summed E-state index contributed by atoms with van der Waals surface area (Å²) in [6.07, 6.45) is 0. The number of amides is 1. The normalized spacial score (nSPS) is 10.2. The van der Waals surface area contributed by atoms with Gasteiger partial charge in [0.25, 0.3) is 5.91 Å². The Morgan fingerprint density at radius 2 is 2.00 bits per heavy atom. The molecular weight excluding hydrogens is 332 g/mol. The summed E-state index contributed by atoms with van der Waals surface area (Å²) in [7, 11) is 3.36. The molecule has 5 heteroatoms. The first-order valence-corrected chi connectivity index (χ1v) is 7.24. The van der Waals surface area contributed by atoms with Crippen LogP contribution in [0.4, 0.5) is 5.69 Å². The van der Waals surface area contributed by atoms with E-state index < -0.39 is 0 Å². The first-order valence-electron chi connectivity index (χ1n) is 6.45. The molecule has 0 atom stereocenters. The predicted molar refractivity (Wildman–Crippen MR) is 87.3 cm³/mol. The van der Waals surface area contributed by atoms with Crippen molar-refractivity contribution in [3.05, 3.63) is 58.1 Å². The maximum atomic E-state index is 12.4. The van der Waals surface area contributed by atoms with Gasteiger partial charge in [-0.2, -0.15) is 0 Å². The standard InChI is InChI=1S/C16H17BrN2O2/c1-19(16(20)13-5-3-4-6-14(13)18)10-11-9-12(17)7-8-15(11)21-2/h3-9H,10,18H2,1-2H3. The molecule has 0 aliphatic carbocycles. The van der Waals surface area contributed by atoms with E-state index in [-0.39, 0.29) is 5.91 Å². The molecule has 0 spiro atoms. The molecule has 0 bridgehead atoms. The van der Waals surface area contributed by atoms with Crippen LogP contribution in [0.5, 0.6) is 5.75 Å². The smallest absolute Gasteiger partial charge is 0.255 e. The average molecular weight is 349 g/mol. The second kappa shape index (κ2) is 6.63. The summed E-state index contributed by atoms with van der Waals surface area (Å²) in [6, 6.07) is 12.8. The van der Waals surface area contributed by atoms with Crippen LogP contribution in [-0.2, 0) is 6.54 Å². The largest absolute Gasteiger partial charge is 0.496 e. The Kier molecular flexibility index (Phi) is 4.85. The Balaban J connectivity index is 2.22. The number of rotatable bonds is 4. The number of nitrogens with two attached hydrogens (primary N) is 1. The fourth-order valence-corrected chi connectivity index (χ4v) is 2.50. The minimum Gasteiger partial charge on any atom is -0.496 e. The lowest BCUT2D eigenvalue weighted by molar-refractivity contribution is 0.0785. The topological polar surface area (TPSA) is 55.6 Å². The van der Waals surface area contributed by atoms with Gasteiger partial charge in [0.15, 0.2) is 0 Å². The molecule has 2 aromatic carbocycles. The van der Waals surface area contributed by atoms with E-state index in [9.17, 15) is 4.79 Å². The highest BCUT2D eigenvalue weighted by Crippen LogP contribution is 2.25. The number of halogens is 1. The van der Waals surface area contributed by atoms with Gasteiger partial charge in [-0.15, -0.1) is 0 Å². The maximum absolute atomic E-state index is 12.4. The summed E-state index contributed by atoms with van der Waals surface area (Å²) in [6.45, 7) is 0.440. The minimum atomic E-state index is -0.116. The third-order valence-corrected chi connectivity index (χ3v) is 3.68. The molecular formula is C16H17BrN2O2. The molecule has 0 aliphatic rings. The van der Waals surface area contributed by atoms with E-state index in [1.54, 1.807) is 37.3 Å². The lowest BCUT2D eigenvalue weighted by Crippen LogP contribution is -2.27. The predicted octanol–water partition coefficient (Wildman–Crippen LogP) is 3.31. The summed E-state index contributed by atoms with van der Waals surface area (Å²) >= 11 is 3.43. The summed E-state index contributed by atoms with van der Waals surface area (Å²) in [5, 5.41) is 0. The van der Waals surface area contributed by atoms with Crippen LogP contribution >= 0.6 is 15.9 Å². The number of ether oxygens (including phenoxy) is 1. The maximum Gasteiger partial charge on any atom is 0.255 e.